The quantitative estimate of drug-likeness (QED) is 0.349. The Balaban J connectivity index is 1.63. The van der Waals surface area contributed by atoms with Gasteiger partial charge in [0.05, 0.1) is 44.6 Å². The molecular weight excluding hydrogens is 462 g/mol. The molecule has 1 heterocycles. The van der Waals surface area contributed by atoms with Crippen molar-refractivity contribution < 1.29 is 18.0 Å². The number of aromatic nitrogens is 2. The van der Waals surface area contributed by atoms with Crippen LogP contribution in [0.2, 0.25) is 10.0 Å². The molecule has 3 aromatic carbocycles. The van der Waals surface area contributed by atoms with Gasteiger partial charge in [-0.1, -0.05) is 41.4 Å². The maximum atomic E-state index is 13.0. The van der Waals surface area contributed by atoms with Crippen molar-refractivity contribution >= 4 is 40.0 Å². The van der Waals surface area contributed by atoms with Gasteiger partial charge in [-0.15, -0.1) is 0 Å². The fourth-order valence-electron chi connectivity index (χ4n) is 3.41. The third kappa shape index (κ3) is 4.31. The second kappa shape index (κ2) is 8.48. The summed E-state index contributed by atoms with van der Waals surface area (Å²) < 4.78 is 40.7. The topological polar surface area (TPSA) is 46.9 Å². The molecule has 0 saturated carbocycles. The van der Waals surface area contributed by atoms with Crippen LogP contribution < -0.4 is 5.32 Å². The largest absolute Gasteiger partial charge is 0.416 e. The Hall–Kier alpha value is -3.03. The molecule has 1 atom stereocenters. The lowest BCUT2D eigenvalue weighted by molar-refractivity contribution is -0.137. The molecule has 0 aliphatic carbocycles. The third-order valence-electron chi connectivity index (χ3n) is 5.07. The first-order valence-corrected chi connectivity index (χ1v) is 10.3. The number of benzene rings is 3. The number of nitrogens with zero attached hydrogens (tertiary/aromatic N) is 2. The SMILES string of the molecule is CC(NC(=O)c1cccc2c1cnn2-c1ccc(Cl)c(Cl)c1)c1cccc(C(F)(F)F)c1. The number of rotatable bonds is 4. The zero-order chi connectivity index (χ0) is 23.0. The van der Waals surface area contributed by atoms with Crippen LogP contribution >= 0.6 is 23.2 Å². The average Bonchev–Trinajstić information content (AvgIpc) is 3.19. The first-order chi connectivity index (χ1) is 15.1. The molecule has 4 rings (SSSR count). The Labute approximate surface area is 191 Å². The van der Waals surface area contributed by atoms with E-state index in [0.717, 1.165) is 12.1 Å². The zero-order valence-electron chi connectivity index (χ0n) is 16.6. The summed E-state index contributed by atoms with van der Waals surface area (Å²) >= 11 is 12.1. The molecular formula is C23H16Cl2F3N3O. The lowest BCUT2D eigenvalue weighted by atomic mass is 10.0. The van der Waals surface area contributed by atoms with E-state index in [2.05, 4.69) is 10.4 Å². The minimum Gasteiger partial charge on any atom is -0.345 e. The predicted molar refractivity (Wildman–Crippen MR) is 118 cm³/mol. The van der Waals surface area contributed by atoms with Gasteiger partial charge in [0.2, 0.25) is 0 Å². The molecule has 0 bridgehead atoms. The molecule has 32 heavy (non-hydrogen) atoms. The van der Waals surface area contributed by atoms with Gasteiger partial charge in [0.1, 0.15) is 0 Å². The lowest BCUT2D eigenvalue weighted by Crippen LogP contribution is -2.27. The number of carbonyl (C=O) groups is 1. The molecule has 9 heteroatoms. The third-order valence-corrected chi connectivity index (χ3v) is 5.81. The summed E-state index contributed by atoms with van der Waals surface area (Å²) in [6.07, 6.45) is -2.90. The number of hydrogen-bond donors (Lipinski definition) is 1. The average molecular weight is 478 g/mol. The molecule has 4 nitrogen and oxygen atoms in total. The molecule has 0 aliphatic heterocycles. The van der Waals surface area contributed by atoms with Crippen molar-refractivity contribution in [1.82, 2.24) is 15.1 Å². The van der Waals surface area contributed by atoms with Crippen molar-refractivity contribution in [2.75, 3.05) is 0 Å². The molecule has 0 aliphatic rings. The maximum absolute atomic E-state index is 13.0. The molecule has 0 saturated heterocycles. The first kappa shape index (κ1) is 22.2. The van der Waals surface area contributed by atoms with Gasteiger partial charge < -0.3 is 5.32 Å². The highest BCUT2D eigenvalue weighted by molar-refractivity contribution is 6.42. The molecule has 1 amide bonds. The van der Waals surface area contributed by atoms with E-state index in [0.29, 0.717) is 37.8 Å². The van der Waals surface area contributed by atoms with Crippen molar-refractivity contribution in [3.63, 3.8) is 0 Å². The van der Waals surface area contributed by atoms with Gasteiger partial charge >= 0.3 is 6.18 Å². The molecule has 1 aromatic heterocycles. The van der Waals surface area contributed by atoms with Crippen LogP contribution in [0.5, 0.6) is 0 Å². The van der Waals surface area contributed by atoms with E-state index >= 15 is 0 Å². The molecule has 0 spiro atoms. The molecule has 0 radical (unpaired) electrons. The summed E-state index contributed by atoms with van der Waals surface area (Å²) in [6.45, 7) is 1.63. The number of amides is 1. The van der Waals surface area contributed by atoms with Gasteiger partial charge in [-0.05, 0) is 55.0 Å². The summed E-state index contributed by atoms with van der Waals surface area (Å²) in [7, 11) is 0. The predicted octanol–water partition coefficient (Wildman–Crippen LogP) is 6.84. The zero-order valence-corrected chi connectivity index (χ0v) is 18.1. The maximum Gasteiger partial charge on any atom is 0.416 e. The minimum atomic E-state index is -4.45. The van der Waals surface area contributed by atoms with Crippen LogP contribution in [-0.4, -0.2) is 15.7 Å². The molecule has 164 valence electrons. The number of carbonyl (C=O) groups excluding carboxylic acids is 1. The van der Waals surface area contributed by atoms with Crippen LogP contribution in [0.3, 0.4) is 0 Å². The second-order valence-electron chi connectivity index (χ2n) is 7.21. The van der Waals surface area contributed by atoms with Crippen molar-refractivity contribution in [1.29, 1.82) is 0 Å². The van der Waals surface area contributed by atoms with Crippen molar-refractivity contribution in [2.24, 2.45) is 0 Å². The number of alkyl halides is 3. The second-order valence-corrected chi connectivity index (χ2v) is 8.03. The normalized spacial score (nSPS) is 12.7. The van der Waals surface area contributed by atoms with Gasteiger partial charge in [-0.2, -0.15) is 18.3 Å². The van der Waals surface area contributed by atoms with Crippen molar-refractivity contribution in [2.45, 2.75) is 19.1 Å². The van der Waals surface area contributed by atoms with E-state index in [1.165, 1.54) is 6.07 Å². The number of nitrogens with one attached hydrogen (secondary N) is 1. The Kier molecular flexibility index (Phi) is 5.88. The van der Waals surface area contributed by atoms with Crippen molar-refractivity contribution in [3.05, 3.63) is 93.6 Å². The Morgan fingerprint density at radius 1 is 1.03 bits per heavy atom. The fourth-order valence-corrected chi connectivity index (χ4v) is 3.71. The summed E-state index contributed by atoms with van der Waals surface area (Å²) in [4.78, 5) is 13.0. The lowest BCUT2D eigenvalue weighted by Gasteiger charge is -2.16. The van der Waals surface area contributed by atoms with E-state index < -0.39 is 23.7 Å². The Morgan fingerprint density at radius 3 is 2.50 bits per heavy atom. The molecule has 1 N–H and O–H groups in total. The van der Waals surface area contributed by atoms with E-state index in [1.807, 2.05) is 0 Å². The number of fused-ring (bicyclic) bond motifs is 1. The van der Waals surface area contributed by atoms with Crippen molar-refractivity contribution in [3.8, 4) is 5.69 Å². The summed E-state index contributed by atoms with van der Waals surface area (Å²) in [6, 6.07) is 14.5. The Morgan fingerprint density at radius 2 is 1.78 bits per heavy atom. The van der Waals surface area contributed by atoms with Crippen LogP contribution in [0.15, 0.2) is 66.9 Å². The Bertz CT molecular complexity index is 1320. The van der Waals surface area contributed by atoms with Crippen LogP contribution in [0, 0.1) is 0 Å². The highest BCUT2D eigenvalue weighted by Gasteiger charge is 2.30. The monoisotopic (exact) mass is 477 g/mol. The van der Waals surface area contributed by atoms with Gasteiger partial charge in [0, 0.05) is 5.39 Å². The van der Waals surface area contributed by atoms with Gasteiger partial charge in [0.25, 0.3) is 5.91 Å². The molecule has 4 aromatic rings. The summed E-state index contributed by atoms with van der Waals surface area (Å²) in [5.41, 5.74) is 1.28. The van der Waals surface area contributed by atoms with Crippen LogP contribution in [-0.2, 0) is 6.18 Å². The highest BCUT2D eigenvalue weighted by Crippen LogP contribution is 2.31. The van der Waals surface area contributed by atoms with Crippen LogP contribution in [0.1, 0.15) is 34.5 Å². The van der Waals surface area contributed by atoms with E-state index in [4.69, 9.17) is 23.2 Å². The van der Waals surface area contributed by atoms with Crippen LogP contribution in [0.4, 0.5) is 13.2 Å². The molecule has 0 fully saturated rings. The smallest absolute Gasteiger partial charge is 0.345 e. The standard InChI is InChI=1S/C23H16Cl2F3N3O/c1-13(14-4-2-5-15(10-14)23(26,27)28)30-22(32)17-6-3-7-21-18(17)12-29-31(21)16-8-9-19(24)20(25)11-16/h2-13H,1H3,(H,30,32). The van der Waals surface area contributed by atoms with Gasteiger partial charge in [-0.3, -0.25) is 4.79 Å². The molecule has 1 unspecified atom stereocenters. The van der Waals surface area contributed by atoms with E-state index in [1.54, 1.807) is 60.3 Å². The first-order valence-electron chi connectivity index (χ1n) is 9.55. The highest BCUT2D eigenvalue weighted by atomic mass is 35.5. The van der Waals surface area contributed by atoms with E-state index in [9.17, 15) is 18.0 Å². The summed E-state index contributed by atoms with van der Waals surface area (Å²) in [5, 5.41) is 8.51. The fraction of sp³-hybridized carbons (Fsp3) is 0.130. The number of halogens is 5. The van der Waals surface area contributed by atoms with Gasteiger partial charge in [0.15, 0.2) is 0 Å². The number of hydrogen-bond acceptors (Lipinski definition) is 2. The van der Waals surface area contributed by atoms with Gasteiger partial charge in [-0.25, -0.2) is 4.68 Å². The van der Waals surface area contributed by atoms with Crippen LogP contribution in [0.25, 0.3) is 16.6 Å². The minimum absolute atomic E-state index is 0.354. The summed E-state index contributed by atoms with van der Waals surface area (Å²) in [5.74, 6) is -0.422. The van der Waals surface area contributed by atoms with E-state index in [-0.39, 0.29) is 0 Å².